The Morgan fingerprint density at radius 2 is 1.84 bits per heavy atom. The third kappa shape index (κ3) is 6.17. The van der Waals surface area contributed by atoms with Crippen LogP contribution >= 0.6 is 11.6 Å². The maximum atomic E-state index is 12.8. The van der Waals surface area contributed by atoms with Gasteiger partial charge in [-0.05, 0) is 30.5 Å². The standard InChI is InChI=1S/C23H30ClN5O2/c1-17(2)15-29(18(3)30)16-23(31)28-12-6-11-27(13-14-28)22-10-9-21(25-26-22)19-7-4-5-8-20(19)24/h4-5,7-10,17H,6,11-16H2,1-3H3. The second kappa shape index (κ2) is 10.6. The van der Waals surface area contributed by atoms with Gasteiger partial charge in [0.05, 0.1) is 17.3 Å². The Morgan fingerprint density at radius 1 is 1.06 bits per heavy atom. The molecule has 3 rings (SSSR count). The molecule has 1 aliphatic rings. The number of hydrogen-bond acceptors (Lipinski definition) is 5. The lowest BCUT2D eigenvalue weighted by molar-refractivity contribution is -0.139. The fourth-order valence-corrected chi connectivity index (χ4v) is 3.94. The summed E-state index contributed by atoms with van der Waals surface area (Å²) in [5.74, 6) is 1.05. The first-order valence-electron chi connectivity index (χ1n) is 10.7. The predicted octanol–water partition coefficient (Wildman–Crippen LogP) is 3.34. The number of benzene rings is 1. The molecule has 0 unspecified atom stereocenters. The molecule has 0 aliphatic carbocycles. The van der Waals surface area contributed by atoms with Crippen LogP contribution < -0.4 is 4.90 Å². The highest BCUT2D eigenvalue weighted by Gasteiger charge is 2.23. The molecule has 0 radical (unpaired) electrons. The quantitative estimate of drug-likeness (QED) is 0.684. The van der Waals surface area contributed by atoms with Crippen LogP contribution in [-0.2, 0) is 9.59 Å². The topological polar surface area (TPSA) is 69.6 Å². The molecule has 1 aromatic heterocycles. The summed E-state index contributed by atoms with van der Waals surface area (Å²) in [6, 6.07) is 11.4. The summed E-state index contributed by atoms with van der Waals surface area (Å²) < 4.78 is 0. The van der Waals surface area contributed by atoms with Crippen molar-refractivity contribution >= 4 is 29.2 Å². The van der Waals surface area contributed by atoms with Gasteiger partial charge in [0.15, 0.2) is 5.82 Å². The van der Waals surface area contributed by atoms with E-state index in [1.165, 1.54) is 6.92 Å². The molecular formula is C23H30ClN5O2. The van der Waals surface area contributed by atoms with Crippen molar-refractivity contribution < 1.29 is 9.59 Å². The van der Waals surface area contributed by atoms with E-state index in [4.69, 9.17) is 11.6 Å². The minimum atomic E-state index is -0.0626. The fraction of sp³-hybridized carbons (Fsp3) is 0.478. The van der Waals surface area contributed by atoms with E-state index >= 15 is 0 Å². The third-order valence-corrected chi connectivity index (χ3v) is 5.66. The molecular weight excluding hydrogens is 414 g/mol. The van der Waals surface area contributed by atoms with Crippen LogP contribution in [0.15, 0.2) is 36.4 Å². The molecule has 2 amide bonds. The summed E-state index contributed by atoms with van der Waals surface area (Å²) in [7, 11) is 0. The summed E-state index contributed by atoms with van der Waals surface area (Å²) in [4.78, 5) is 30.3. The van der Waals surface area contributed by atoms with Crippen molar-refractivity contribution in [2.75, 3.05) is 44.2 Å². The second-order valence-corrected chi connectivity index (χ2v) is 8.68. The minimum Gasteiger partial charge on any atom is -0.353 e. The summed E-state index contributed by atoms with van der Waals surface area (Å²) in [6.07, 6.45) is 0.837. The zero-order chi connectivity index (χ0) is 22.4. The number of hydrogen-bond donors (Lipinski definition) is 0. The lowest BCUT2D eigenvalue weighted by Gasteiger charge is -2.27. The maximum absolute atomic E-state index is 12.8. The van der Waals surface area contributed by atoms with Crippen LogP contribution in [0, 0.1) is 5.92 Å². The molecule has 166 valence electrons. The molecule has 0 spiro atoms. The molecule has 0 bridgehead atoms. The van der Waals surface area contributed by atoms with Gasteiger partial charge < -0.3 is 14.7 Å². The van der Waals surface area contributed by atoms with Gasteiger partial charge in [0.1, 0.15) is 0 Å². The summed E-state index contributed by atoms with van der Waals surface area (Å²) in [5.41, 5.74) is 1.59. The van der Waals surface area contributed by atoms with Crippen LogP contribution in [0.5, 0.6) is 0 Å². The van der Waals surface area contributed by atoms with Gasteiger partial charge >= 0.3 is 0 Å². The van der Waals surface area contributed by atoms with Crippen LogP contribution in [0.25, 0.3) is 11.3 Å². The molecule has 2 heterocycles. The molecule has 1 saturated heterocycles. The first-order chi connectivity index (χ1) is 14.8. The minimum absolute atomic E-state index is 0.00199. The number of carbonyl (C=O) groups excluding carboxylic acids is 2. The van der Waals surface area contributed by atoms with E-state index in [1.807, 2.05) is 55.1 Å². The molecule has 31 heavy (non-hydrogen) atoms. The predicted molar refractivity (Wildman–Crippen MR) is 123 cm³/mol. The second-order valence-electron chi connectivity index (χ2n) is 8.27. The van der Waals surface area contributed by atoms with Crippen LogP contribution in [0.4, 0.5) is 5.82 Å². The highest BCUT2D eigenvalue weighted by Crippen LogP contribution is 2.26. The fourth-order valence-electron chi connectivity index (χ4n) is 3.71. The van der Waals surface area contributed by atoms with E-state index in [9.17, 15) is 9.59 Å². The van der Waals surface area contributed by atoms with E-state index in [1.54, 1.807) is 4.90 Å². The van der Waals surface area contributed by atoms with Crippen molar-refractivity contribution in [2.45, 2.75) is 27.2 Å². The molecule has 1 aromatic carbocycles. The Labute approximate surface area is 189 Å². The third-order valence-electron chi connectivity index (χ3n) is 5.33. The van der Waals surface area contributed by atoms with Crippen molar-refractivity contribution in [1.82, 2.24) is 20.0 Å². The van der Waals surface area contributed by atoms with Gasteiger partial charge in [0.2, 0.25) is 11.8 Å². The molecule has 0 saturated carbocycles. The first-order valence-corrected chi connectivity index (χ1v) is 11.1. The molecule has 7 nitrogen and oxygen atoms in total. The number of rotatable bonds is 6. The Balaban J connectivity index is 1.61. The average molecular weight is 444 g/mol. The lowest BCUT2D eigenvalue weighted by Crippen LogP contribution is -2.44. The van der Waals surface area contributed by atoms with Gasteiger partial charge in [-0.3, -0.25) is 9.59 Å². The normalized spacial score (nSPS) is 14.5. The number of anilines is 1. The number of aromatic nitrogens is 2. The van der Waals surface area contributed by atoms with Gasteiger partial charge in [0, 0.05) is 45.2 Å². The number of carbonyl (C=O) groups is 2. The van der Waals surface area contributed by atoms with E-state index in [2.05, 4.69) is 15.1 Å². The van der Waals surface area contributed by atoms with Crippen molar-refractivity contribution in [3.05, 3.63) is 41.4 Å². The van der Waals surface area contributed by atoms with Crippen molar-refractivity contribution in [2.24, 2.45) is 5.92 Å². The number of amides is 2. The van der Waals surface area contributed by atoms with Crippen LogP contribution in [0.3, 0.4) is 0 Å². The van der Waals surface area contributed by atoms with Crippen LogP contribution in [-0.4, -0.2) is 71.1 Å². The Bertz CT molecular complexity index is 903. The smallest absolute Gasteiger partial charge is 0.242 e. The van der Waals surface area contributed by atoms with Gasteiger partial charge in [-0.2, -0.15) is 0 Å². The van der Waals surface area contributed by atoms with Gasteiger partial charge in [0.25, 0.3) is 0 Å². The molecule has 1 aliphatic heterocycles. The molecule has 8 heteroatoms. The van der Waals surface area contributed by atoms with E-state index in [0.29, 0.717) is 37.1 Å². The molecule has 0 N–H and O–H groups in total. The van der Waals surface area contributed by atoms with E-state index in [0.717, 1.165) is 30.0 Å². The van der Waals surface area contributed by atoms with Gasteiger partial charge in [-0.15, -0.1) is 10.2 Å². The first kappa shape index (κ1) is 23.0. The summed E-state index contributed by atoms with van der Waals surface area (Å²) in [6.45, 7) is 9.08. The highest BCUT2D eigenvalue weighted by molar-refractivity contribution is 6.33. The van der Waals surface area contributed by atoms with E-state index < -0.39 is 0 Å². The number of nitrogens with zero attached hydrogens (tertiary/aromatic N) is 5. The Hall–Kier alpha value is -2.67. The van der Waals surface area contributed by atoms with Crippen molar-refractivity contribution in [3.8, 4) is 11.3 Å². The molecule has 2 aromatic rings. The summed E-state index contributed by atoms with van der Waals surface area (Å²) >= 11 is 6.26. The van der Waals surface area contributed by atoms with Gasteiger partial charge in [-0.25, -0.2) is 0 Å². The van der Waals surface area contributed by atoms with Crippen molar-refractivity contribution in [3.63, 3.8) is 0 Å². The van der Waals surface area contributed by atoms with Crippen LogP contribution in [0.2, 0.25) is 5.02 Å². The molecule has 0 atom stereocenters. The zero-order valence-electron chi connectivity index (χ0n) is 18.4. The average Bonchev–Trinajstić information content (AvgIpc) is 3.00. The Kier molecular flexibility index (Phi) is 7.85. The largest absolute Gasteiger partial charge is 0.353 e. The van der Waals surface area contributed by atoms with Crippen LogP contribution in [0.1, 0.15) is 27.2 Å². The highest BCUT2D eigenvalue weighted by atomic mass is 35.5. The monoisotopic (exact) mass is 443 g/mol. The van der Waals surface area contributed by atoms with Crippen molar-refractivity contribution in [1.29, 1.82) is 0 Å². The SMILES string of the molecule is CC(=O)N(CC(=O)N1CCCN(c2ccc(-c3ccccc3Cl)nn2)CC1)CC(C)C. The van der Waals surface area contributed by atoms with E-state index in [-0.39, 0.29) is 18.4 Å². The summed E-state index contributed by atoms with van der Waals surface area (Å²) in [5, 5.41) is 9.40. The zero-order valence-corrected chi connectivity index (χ0v) is 19.2. The number of halogens is 1. The lowest BCUT2D eigenvalue weighted by atomic mass is 10.1. The molecule has 1 fully saturated rings. The van der Waals surface area contributed by atoms with Gasteiger partial charge in [-0.1, -0.05) is 43.6 Å². The maximum Gasteiger partial charge on any atom is 0.242 e. The Morgan fingerprint density at radius 3 is 2.48 bits per heavy atom.